The quantitative estimate of drug-likeness (QED) is 0.758. The van der Waals surface area contributed by atoms with Crippen LogP contribution in [0.1, 0.15) is 22.6 Å². The van der Waals surface area contributed by atoms with Crippen LogP contribution in [-0.2, 0) is 23.6 Å². The molecule has 1 N–H and O–H groups in total. The summed E-state index contributed by atoms with van der Waals surface area (Å²) in [6, 6.07) is 9.92. The molecule has 0 aliphatic heterocycles. The van der Waals surface area contributed by atoms with Crippen molar-refractivity contribution >= 4 is 15.7 Å². The molecule has 8 heteroatoms. The first-order valence-corrected chi connectivity index (χ1v) is 9.37. The van der Waals surface area contributed by atoms with E-state index in [9.17, 15) is 8.42 Å². The molecule has 0 fully saturated rings. The Morgan fingerprint density at radius 3 is 2.32 bits per heavy atom. The number of nitrogens with zero attached hydrogens (tertiary/aromatic N) is 4. The van der Waals surface area contributed by atoms with Gasteiger partial charge in [0.2, 0.25) is 0 Å². The minimum Gasteiger partial charge on any atom is -0.276 e. The maximum Gasteiger partial charge on any atom is 0.265 e. The molecular weight excluding hydrogens is 338 g/mol. The van der Waals surface area contributed by atoms with Gasteiger partial charge in [-0.25, -0.2) is 8.42 Å². The van der Waals surface area contributed by atoms with Crippen LogP contribution in [0.2, 0.25) is 0 Å². The molecule has 0 atom stereocenters. The van der Waals surface area contributed by atoms with Gasteiger partial charge >= 0.3 is 0 Å². The Labute approximate surface area is 147 Å². The number of nitrogens with one attached hydrogen (secondary N) is 1. The standard InChI is InChI=1S/C17H21N5O2S/c1-12-16(11-21(4)18-12)25(23,24)20-17-13(2)19-22(14(17)3)10-15-8-6-5-7-9-15/h5-9,11,20H,10H2,1-4H3. The Hall–Kier alpha value is -2.61. The third kappa shape index (κ3) is 3.43. The maximum absolute atomic E-state index is 12.7. The van der Waals surface area contributed by atoms with Crippen LogP contribution in [0.15, 0.2) is 41.4 Å². The van der Waals surface area contributed by atoms with E-state index in [1.54, 1.807) is 25.6 Å². The molecule has 0 radical (unpaired) electrons. The van der Waals surface area contributed by atoms with Crippen molar-refractivity contribution < 1.29 is 8.42 Å². The number of hydrogen-bond donors (Lipinski definition) is 1. The van der Waals surface area contributed by atoms with Gasteiger partial charge in [-0.3, -0.25) is 14.1 Å². The number of sulfonamides is 1. The summed E-state index contributed by atoms with van der Waals surface area (Å²) in [5, 5.41) is 8.58. The zero-order valence-corrected chi connectivity index (χ0v) is 15.5. The van der Waals surface area contributed by atoms with Gasteiger partial charge in [0.25, 0.3) is 10.0 Å². The van der Waals surface area contributed by atoms with Crippen molar-refractivity contribution in [2.45, 2.75) is 32.2 Å². The minimum atomic E-state index is -3.71. The van der Waals surface area contributed by atoms with Crippen LogP contribution in [0.5, 0.6) is 0 Å². The molecule has 3 aromatic rings. The molecule has 0 saturated heterocycles. The fourth-order valence-electron chi connectivity index (χ4n) is 2.79. The molecule has 0 spiro atoms. The summed E-state index contributed by atoms with van der Waals surface area (Å²) < 4.78 is 31.4. The summed E-state index contributed by atoms with van der Waals surface area (Å²) in [6.45, 7) is 5.91. The highest BCUT2D eigenvalue weighted by molar-refractivity contribution is 7.92. The predicted molar refractivity (Wildman–Crippen MR) is 96.0 cm³/mol. The molecule has 7 nitrogen and oxygen atoms in total. The van der Waals surface area contributed by atoms with Gasteiger partial charge in [-0.2, -0.15) is 10.2 Å². The molecule has 0 unspecified atom stereocenters. The Balaban J connectivity index is 1.92. The molecule has 0 aliphatic rings. The molecule has 25 heavy (non-hydrogen) atoms. The number of anilines is 1. The van der Waals surface area contributed by atoms with Crippen molar-refractivity contribution in [1.29, 1.82) is 0 Å². The molecule has 3 rings (SSSR count). The lowest BCUT2D eigenvalue weighted by atomic mass is 10.2. The second kappa shape index (κ2) is 6.36. The van der Waals surface area contributed by atoms with Crippen LogP contribution in [0.4, 0.5) is 5.69 Å². The van der Waals surface area contributed by atoms with E-state index in [0.29, 0.717) is 23.6 Å². The second-order valence-electron chi connectivity index (χ2n) is 6.05. The maximum atomic E-state index is 12.7. The van der Waals surface area contributed by atoms with E-state index >= 15 is 0 Å². The van der Waals surface area contributed by atoms with Gasteiger partial charge in [-0.1, -0.05) is 30.3 Å². The van der Waals surface area contributed by atoms with Crippen molar-refractivity contribution in [1.82, 2.24) is 19.6 Å². The summed E-state index contributed by atoms with van der Waals surface area (Å²) in [4.78, 5) is 0.171. The molecule has 0 bridgehead atoms. The smallest absolute Gasteiger partial charge is 0.265 e. The zero-order chi connectivity index (χ0) is 18.2. The molecule has 132 valence electrons. The molecule has 0 aliphatic carbocycles. The second-order valence-corrected chi connectivity index (χ2v) is 7.70. The van der Waals surface area contributed by atoms with Crippen molar-refractivity contribution in [2.24, 2.45) is 7.05 Å². The zero-order valence-electron chi connectivity index (χ0n) is 14.7. The van der Waals surface area contributed by atoms with Crippen LogP contribution in [0.3, 0.4) is 0 Å². The highest BCUT2D eigenvalue weighted by atomic mass is 32.2. The fourth-order valence-corrected chi connectivity index (χ4v) is 4.18. The summed E-state index contributed by atoms with van der Waals surface area (Å²) in [5.41, 5.74) is 3.48. The highest BCUT2D eigenvalue weighted by Gasteiger charge is 2.23. The largest absolute Gasteiger partial charge is 0.276 e. The normalized spacial score (nSPS) is 11.7. The number of benzene rings is 1. The Morgan fingerprint density at radius 2 is 1.72 bits per heavy atom. The average Bonchev–Trinajstić information content (AvgIpc) is 3.02. The molecule has 1 aromatic carbocycles. The molecule has 0 amide bonds. The lowest BCUT2D eigenvalue weighted by Crippen LogP contribution is -2.14. The predicted octanol–water partition coefficient (Wildman–Crippen LogP) is 2.39. The number of hydrogen-bond acceptors (Lipinski definition) is 4. The van der Waals surface area contributed by atoms with Gasteiger partial charge in [-0.15, -0.1) is 0 Å². The summed E-state index contributed by atoms with van der Waals surface area (Å²) in [5.74, 6) is 0. The minimum absolute atomic E-state index is 0.171. The monoisotopic (exact) mass is 359 g/mol. The lowest BCUT2D eigenvalue weighted by molar-refractivity contribution is 0.600. The fraction of sp³-hybridized carbons (Fsp3) is 0.294. The Kier molecular flexibility index (Phi) is 4.38. The SMILES string of the molecule is Cc1nn(C)cc1S(=O)(=O)Nc1c(C)nn(Cc2ccccc2)c1C. The van der Waals surface area contributed by atoms with E-state index < -0.39 is 10.0 Å². The van der Waals surface area contributed by atoms with Crippen molar-refractivity contribution in [3.63, 3.8) is 0 Å². The molecule has 2 aromatic heterocycles. The molecule has 0 saturated carbocycles. The van der Waals surface area contributed by atoms with Gasteiger partial charge in [0.15, 0.2) is 0 Å². The van der Waals surface area contributed by atoms with Crippen molar-refractivity contribution in [2.75, 3.05) is 4.72 Å². The Morgan fingerprint density at radius 1 is 1.04 bits per heavy atom. The van der Waals surface area contributed by atoms with Gasteiger partial charge in [-0.05, 0) is 26.3 Å². The van der Waals surface area contributed by atoms with Crippen molar-refractivity contribution in [3.05, 3.63) is 59.2 Å². The topological polar surface area (TPSA) is 81.8 Å². The van der Waals surface area contributed by atoms with Gasteiger partial charge in [0.1, 0.15) is 4.90 Å². The van der Waals surface area contributed by atoms with Crippen LogP contribution in [0.25, 0.3) is 0 Å². The third-order valence-electron chi connectivity index (χ3n) is 4.05. The number of aryl methyl sites for hydroxylation is 3. The number of aromatic nitrogens is 4. The van der Waals surface area contributed by atoms with E-state index in [1.807, 2.05) is 37.3 Å². The average molecular weight is 359 g/mol. The lowest BCUT2D eigenvalue weighted by Gasteiger charge is -2.08. The van der Waals surface area contributed by atoms with Crippen LogP contribution in [-0.4, -0.2) is 28.0 Å². The van der Waals surface area contributed by atoms with Gasteiger partial charge in [0, 0.05) is 13.2 Å². The van der Waals surface area contributed by atoms with E-state index in [0.717, 1.165) is 11.3 Å². The molecular formula is C17H21N5O2S. The summed E-state index contributed by atoms with van der Waals surface area (Å²) >= 11 is 0. The van der Waals surface area contributed by atoms with E-state index in [1.165, 1.54) is 10.9 Å². The van der Waals surface area contributed by atoms with E-state index in [4.69, 9.17) is 0 Å². The first-order valence-electron chi connectivity index (χ1n) is 7.89. The van der Waals surface area contributed by atoms with Gasteiger partial charge < -0.3 is 0 Å². The number of rotatable bonds is 5. The first-order chi connectivity index (χ1) is 11.8. The van der Waals surface area contributed by atoms with Crippen LogP contribution in [0, 0.1) is 20.8 Å². The van der Waals surface area contributed by atoms with E-state index in [-0.39, 0.29) is 4.90 Å². The highest BCUT2D eigenvalue weighted by Crippen LogP contribution is 2.25. The van der Waals surface area contributed by atoms with Crippen LogP contribution < -0.4 is 4.72 Å². The van der Waals surface area contributed by atoms with Crippen molar-refractivity contribution in [3.8, 4) is 0 Å². The summed E-state index contributed by atoms with van der Waals surface area (Å²) in [6.07, 6.45) is 1.50. The Bertz CT molecular complexity index is 1000. The summed E-state index contributed by atoms with van der Waals surface area (Å²) in [7, 11) is -2.02. The van der Waals surface area contributed by atoms with Gasteiger partial charge in [0.05, 0.1) is 29.3 Å². The van der Waals surface area contributed by atoms with Crippen LogP contribution >= 0.6 is 0 Å². The van der Waals surface area contributed by atoms with E-state index in [2.05, 4.69) is 14.9 Å². The molecule has 2 heterocycles. The third-order valence-corrected chi connectivity index (χ3v) is 5.50. The first kappa shape index (κ1) is 17.2.